The third-order valence-electron chi connectivity index (χ3n) is 1.41. The highest BCUT2D eigenvalue weighted by Gasteiger charge is 1.98. The molecule has 1 rings (SSSR count). The molecule has 0 amide bonds. The van der Waals surface area contributed by atoms with Gasteiger partial charge in [0.2, 0.25) is 0 Å². The van der Waals surface area contributed by atoms with E-state index in [-0.39, 0.29) is 0 Å². The number of nitrogens with two attached hydrogens (primary N) is 1. The molecule has 0 aromatic heterocycles. The lowest BCUT2D eigenvalue weighted by Gasteiger charge is -2.03. The zero-order chi connectivity index (χ0) is 10.3. The number of rotatable bonds is 2. The summed E-state index contributed by atoms with van der Waals surface area (Å²) in [5, 5.41) is 7.01. The second-order valence-electron chi connectivity index (χ2n) is 2.15. The number of hydrogen-bond donors (Lipinski definition) is 2. The van der Waals surface area contributed by atoms with E-state index < -0.39 is 0 Å². The summed E-state index contributed by atoms with van der Waals surface area (Å²) in [4.78, 5) is 0. The molecular weight excluding hydrogens is 164 g/mol. The molecule has 0 unspecified atom stereocenters. The van der Waals surface area contributed by atoms with Crippen molar-refractivity contribution in [1.82, 2.24) is 0 Å². The largest absolute Gasteiger partial charge is 0.496 e. The van der Waals surface area contributed by atoms with Gasteiger partial charge in [-0.25, -0.2) is 0 Å². The van der Waals surface area contributed by atoms with Crippen LogP contribution in [-0.4, -0.2) is 13.3 Å². The van der Waals surface area contributed by atoms with Crippen LogP contribution in [0, 0.1) is 18.3 Å². The quantitative estimate of drug-likeness (QED) is 0.408. The lowest BCUT2D eigenvalue weighted by atomic mass is 10.2. The van der Waals surface area contributed by atoms with E-state index in [1.54, 1.807) is 25.3 Å². The Kier molecular flexibility index (Phi) is 4.82. The van der Waals surface area contributed by atoms with Crippen LogP contribution in [0.15, 0.2) is 18.2 Å². The molecule has 0 bridgehead atoms. The Morgan fingerprint density at radius 3 is 2.54 bits per heavy atom. The molecule has 0 aliphatic rings. The number of terminal acetylenes is 1. The molecule has 0 spiro atoms. The number of benzene rings is 1. The number of methoxy groups -OCH3 is 1. The van der Waals surface area contributed by atoms with Crippen LogP contribution in [-0.2, 0) is 0 Å². The molecule has 0 aliphatic carbocycles. The molecule has 13 heavy (non-hydrogen) atoms. The Hall–Kier alpha value is -1.95. The SMILES string of the molecule is C#C.COc1cc(N)ccc1C=N. The zero-order valence-corrected chi connectivity index (χ0v) is 7.45. The van der Waals surface area contributed by atoms with E-state index in [0.717, 1.165) is 5.56 Å². The minimum atomic E-state index is 0.639. The van der Waals surface area contributed by atoms with Gasteiger partial charge in [-0.3, -0.25) is 0 Å². The molecule has 3 nitrogen and oxygen atoms in total. The van der Waals surface area contributed by atoms with Crippen molar-refractivity contribution in [2.24, 2.45) is 0 Å². The summed E-state index contributed by atoms with van der Waals surface area (Å²) in [6.45, 7) is 0. The van der Waals surface area contributed by atoms with Crippen molar-refractivity contribution >= 4 is 11.9 Å². The second-order valence-corrected chi connectivity index (χ2v) is 2.15. The van der Waals surface area contributed by atoms with Crippen molar-refractivity contribution in [3.63, 3.8) is 0 Å². The standard InChI is InChI=1S/C8H10N2O.C2H2/c1-11-8-4-7(10)3-2-6(8)5-9;1-2/h2-5,9H,10H2,1H3;1-2H. The molecule has 3 N–H and O–H groups in total. The van der Waals surface area contributed by atoms with Gasteiger partial charge < -0.3 is 15.9 Å². The van der Waals surface area contributed by atoms with E-state index >= 15 is 0 Å². The van der Waals surface area contributed by atoms with Gasteiger partial charge >= 0.3 is 0 Å². The molecule has 68 valence electrons. The smallest absolute Gasteiger partial charge is 0.129 e. The van der Waals surface area contributed by atoms with Crippen molar-refractivity contribution in [3.8, 4) is 18.6 Å². The highest BCUT2D eigenvalue weighted by atomic mass is 16.5. The first-order valence-electron chi connectivity index (χ1n) is 3.55. The Labute approximate surface area is 78.0 Å². The van der Waals surface area contributed by atoms with Crippen molar-refractivity contribution in [2.75, 3.05) is 12.8 Å². The van der Waals surface area contributed by atoms with E-state index in [1.165, 1.54) is 6.21 Å². The first kappa shape index (κ1) is 11.1. The fraction of sp³-hybridized carbons (Fsp3) is 0.100. The summed E-state index contributed by atoms with van der Waals surface area (Å²) in [5.74, 6) is 0.639. The van der Waals surface area contributed by atoms with Crippen LogP contribution in [0.2, 0.25) is 0 Å². The average molecular weight is 176 g/mol. The maximum Gasteiger partial charge on any atom is 0.129 e. The van der Waals surface area contributed by atoms with Crippen molar-refractivity contribution in [3.05, 3.63) is 23.8 Å². The number of anilines is 1. The zero-order valence-electron chi connectivity index (χ0n) is 7.45. The van der Waals surface area contributed by atoms with Crippen LogP contribution in [0.25, 0.3) is 0 Å². The van der Waals surface area contributed by atoms with Gasteiger partial charge in [0.05, 0.1) is 7.11 Å². The van der Waals surface area contributed by atoms with Crippen molar-refractivity contribution in [1.29, 1.82) is 5.41 Å². The molecule has 0 saturated carbocycles. The van der Waals surface area contributed by atoms with Crippen LogP contribution in [0.1, 0.15) is 5.56 Å². The Morgan fingerprint density at radius 1 is 1.46 bits per heavy atom. The van der Waals surface area contributed by atoms with Crippen LogP contribution >= 0.6 is 0 Å². The molecular formula is C10H12N2O. The molecule has 0 fully saturated rings. The topological polar surface area (TPSA) is 59.1 Å². The normalized spacial score (nSPS) is 7.92. The first-order valence-corrected chi connectivity index (χ1v) is 3.55. The molecule has 0 saturated heterocycles. The monoisotopic (exact) mass is 176 g/mol. The molecule has 1 aromatic carbocycles. The Bertz CT molecular complexity index is 305. The lowest BCUT2D eigenvalue weighted by molar-refractivity contribution is 0.414. The van der Waals surface area contributed by atoms with Crippen LogP contribution in [0.3, 0.4) is 0 Å². The maximum atomic E-state index is 7.01. The molecule has 0 radical (unpaired) electrons. The molecule has 1 aromatic rings. The number of nitrogen functional groups attached to an aromatic ring is 1. The summed E-state index contributed by atoms with van der Waals surface area (Å²) in [6.07, 6.45) is 9.23. The van der Waals surface area contributed by atoms with E-state index in [1.807, 2.05) is 0 Å². The molecule has 0 heterocycles. The van der Waals surface area contributed by atoms with Gasteiger partial charge in [-0.2, -0.15) is 0 Å². The highest BCUT2D eigenvalue weighted by Crippen LogP contribution is 2.18. The molecule has 0 atom stereocenters. The van der Waals surface area contributed by atoms with Gasteiger partial charge in [-0.15, -0.1) is 12.8 Å². The maximum absolute atomic E-state index is 7.01. The van der Waals surface area contributed by atoms with Gasteiger partial charge in [0.1, 0.15) is 5.75 Å². The fourth-order valence-corrected chi connectivity index (χ4v) is 0.847. The average Bonchev–Trinajstić information content (AvgIpc) is 2.20. The van der Waals surface area contributed by atoms with E-state index in [4.69, 9.17) is 15.9 Å². The summed E-state index contributed by atoms with van der Waals surface area (Å²) in [7, 11) is 1.56. The van der Waals surface area contributed by atoms with Gasteiger partial charge in [0, 0.05) is 23.5 Å². The summed E-state index contributed by atoms with van der Waals surface area (Å²) in [5.41, 5.74) is 6.89. The predicted molar refractivity (Wildman–Crippen MR) is 55.2 cm³/mol. The lowest BCUT2D eigenvalue weighted by Crippen LogP contribution is -1.92. The third kappa shape index (κ3) is 2.88. The molecule has 3 heteroatoms. The minimum absolute atomic E-state index is 0.639. The second kappa shape index (κ2) is 5.67. The predicted octanol–water partition coefficient (Wildman–Crippen LogP) is 1.52. The third-order valence-corrected chi connectivity index (χ3v) is 1.41. The number of ether oxygens (including phenoxy) is 1. The van der Waals surface area contributed by atoms with Crippen molar-refractivity contribution < 1.29 is 4.74 Å². The molecule has 0 aliphatic heterocycles. The number of nitrogens with one attached hydrogen (secondary N) is 1. The fourth-order valence-electron chi connectivity index (χ4n) is 0.847. The van der Waals surface area contributed by atoms with Gasteiger partial charge in [-0.05, 0) is 12.1 Å². The van der Waals surface area contributed by atoms with Crippen molar-refractivity contribution in [2.45, 2.75) is 0 Å². The van der Waals surface area contributed by atoms with Crippen LogP contribution < -0.4 is 10.5 Å². The Morgan fingerprint density at radius 2 is 2.08 bits per heavy atom. The van der Waals surface area contributed by atoms with Crippen LogP contribution in [0.5, 0.6) is 5.75 Å². The van der Waals surface area contributed by atoms with E-state index in [2.05, 4.69) is 12.8 Å². The van der Waals surface area contributed by atoms with E-state index in [0.29, 0.717) is 11.4 Å². The van der Waals surface area contributed by atoms with E-state index in [9.17, 15) is 0 Å². The van der Waals surface area contributed by atoms with Gasteiger partial charge in [0.25, 0.3) is 0 Å². The van der Waals surface area contributed by atoms with Crippen LogP contribution in [0.4, 0.5) is 5.69 Å². The first-order chi connectivity index (χ1) is 6.27. The Balaban J connectivity index is 0.000000671. The summed E-state index contributed by atoms with van der Waals surface area (Å²) in [6, 6.07) is 5.18. The highest BCUT2D eigenvalue weighted by molar-refractivity contribution is 5.82. The summed E-state index contributed by atoms with van der Waals surface area (Å²) < 4.78 is 4.99. The minimum Gasteiger partial charge on any atom is -0.496 e. The van der Waals surface area contributed by atoms with Gasteiger partial charge in [0.15, 0.2) is 0 Å². The van der Waals surface area contributed by atoms with Gasteiger partial charge in [-0.1, -0.05) is 0 Å². The summed E-state index contributed by atoms with van der Waals surface area (Å²) >= 11 is 0. The number of hydrogen-bond acceptors (Lipinski definition) is 3.